The molecular formula is C33H40F3N7O7. The molecule has 50 heavy (non-hydrogen) atoms. The predicted molar refractivity (Wildman–Crippen MR) is 172 cm³/mol. The van der Waals surface area contributed by atoms with E-state index in [1.54, 1.807) is 42.6 Å². The molecule has 5 rings (SSSR count). The Morgan fingerprint density at radius 2 is 1.84 bits per heavy atom. The van der Waals surface area contributed by atoms with E-state index < -0.39 is 60.8 Å². The number of amides is 4. The third-order valence-corrected chi connectivity index (χ3v) is 7.85. The fourth-order valence-corrected chi connectivity index (χ4v) is 5.14. The van der Waals surface area contributed by atoms with E-state index in [2.05, 4.69) is 26.3 Å². The fraction of sp³-hybridized carbons (Fsp3) is 0.455. The SMILES string of the molecule is COc1cc2ccc1OCCn1cc(nn1)CCN(C(=O)CCC(F)(F)F)CCNC(=O)[C@H]([C@@H](C)O)NC(=O)[C@@H](Cc1ccccc1)NC2=O. The van der Waals surface area contributed by atoms with Crippen molar-refractivity contribution in [1.29, 1.82) is 0 Å². The van der Waals surface area contributed by atoms with Gasteiger partial charge in [0.15, 0.2) is 11.5 Å². The minimum Gasteiger partial charge on any atom is -0.493 e. The number of alkyl halides is 3. The molecule has 270 valence electrons. The van der Waals surface area contributed by atoms with Gasteiger partial charge in [0, 0.05) is 50.7 Å². The maximum atomic E-state index is 13.6. The Labute approximate surface area is 286 Å². The molecule has 3 heterocycles. The van der Waals surface area contributed by atoms with Gasteiger partial charge < -0.3 is 35.4 Å². The van der Waals surface area contributed by atoms with Crippen molar-refractivity contribution in [1.82, 2.24) is 35.8 Å². The first-order chi connectivity index (χ1) is 23.8. The van der Waals surface area contributed by atoms with Crippen LogP contribution in [0.5, 0.6) is 11.5 Å². The highest BCUT2D eigenvalue weighted by atomic mass is 19.4. The number of methoxy groups -OCH3 is 1. The molecule has 3 atom stereocenters. The van der Waals surface area contributed by atoms with E-state index >= 15 is 0 Å². The zero-order valence-corrected chi connectivity index (χ0v) is 27.6. The summed E-state index contributed by atoms with van der Waals surface area (Å²) in [4.78, 5) is 54.2. The molecule has 0 saturated heterocycles. The zero-order valence-electron chi connectivity index (χ0n) is 27.6. The van der Waals surface area contributed by atoms with Gasteiger partial charge in [-0.1, -0.05) is 35.5 Å². The van der Waals surface area contributed by atoms with Gasteiger partial charge in [0.1, 0.15) is 18.7 Å². The summed E-state index contributed by atoms with van der Waals surface area (Å²) in [5.74, 6) is -2.37. The van der Waals surface area contributed by atoms with E-state index in [0.717, 1.165) is 0 Å². The number of carbonyl (C=O) groups excluding carboxylic acids is 4. The number of fused-ring (bicyclic) bond motifs is 16. The molecule has 4 amide bonds. The second-order valence-corrected chi connectivity index (χ2v) is 11.7. The van der Waals surface area contributed by atoms with Crippen LogP contribution < -0.4 is 25.4 Å². The molecule has 4 bridgehead atoms. The monoisotopic (exact) mass is 703 g/mol. The Morgan fingerprint density at radius 3 is 2.54 bits per heavy atom. The van der Waals surface area contributed by atoms with Gasteiger partial charge in [-0.25, -0.2) is 4.68 Å². The maximum Gasteiger partial charge on any atom is 0.389 e. The van der Waals surface area contributed by atoms with Crippen LogP contribution >= 0.6 is 0 Å². The van der Waals surface area contributed by atoms with Crippen molar-refractivity contribution >= 4 is 23.6 Å². The standard InChI is InChI=1S/C33H40F3N7O7/c1-21(44)29-32(48)37-13-15-42(28(45)10-12-33(34,35)36)14-11-24-20-43(41-40-24)16-17-50-26-9-8-23(19-27(26)49-2)30(46)38-25(31(47)39-29)18-22-6-4-3-5-7-22/h3-9,19-21,25,29,44H,10-18H2,1-2H3,(H,37,48)(H,38,46)(H,39,47)/t21-,25-,29+/m1/s1. The van der Waals surface area contributed by atoms with Crippen molar-refractivity contribution in [2.75, 3.05) is 33.4 Å². The number of benzene rings is 2. The average molecular weight is 704 g/mol. The number of hydrogen-bond acceptors (Lipinski definition) is 9. The molecule has 0 unspecified atom stereocenters. The molecule has 0 spiro atoms. The summed E-state index contributed by atoms with van der Waals surface area (Å²) in [5.41, 5.74) is 1.34. The third kappa shape index (κ3) is 11.2. The Morgan fingerprint density at radius 1 is 1.08 bits per heavy atom. The van der Waals surface area contributed by atoms with E-state index in [0.29, 0.717) is 17.0 Å². The summed E-state index contributed by atoms with van der Waals surface area (Å²) < 4.78 is 51.5. The lowest BCUT2D eigenvalue weighted by Gasteiger charge is -2.26. The number of ether oxygens (including phenoxy) is 2. The summed E-state index contributed by atoms with van der Waals surface area (Å²) >= 11 is 0. The van der Waals surface area contributed by atoms with Crippen molar-refractivity contribution in [3.05, 3.63) is 71.5 Å². The Bertz CT molecular complexity index is 1620. The summed E-state index contributed by atoms with van der Waals surface area (Å²) in [7, 11) is 1.41. The first-order valence-electron chi connectivity index (χ1n) is 16.0. The zero-order chi connectivity index (χ0) is 36.3. The van der Waals surface area contributed by atoms with Crippen LogP contribution in [-0.2, 0) is 33.8 Å². The summed E-state index contributed by atoms with van der Waals surface area (Å²) in [5, 5.41) is 26.3. The number of carbonyl (C=O) groups is 4. The number of aromatic nitrogens is 3. The van der Waals surface area contributed by atoms with Crippen LogP contribution in [-0.4, -0.2) is 106 Å². The molecule has 0 fully saturated rings. The second kappa shape index (κ2) is 17.5. The van der Waals surface area contributed by atoms with E-state index in [1.807, 2.05) is 0 Å². The topological polar surface area (TPSA) is 177 Å². The average Bonchev–Trinajstić information content (AvgIpc) is 3.54. The van der Waals surface area contributed by atoms with E-state index in [-0.39, 0.29) is 56.9 Å². The quantitative estimate of drug-likeness (QED) is 0.277. The number of aliphatic hydroxyl groups excluding tert-OH is 1. The van der Waals surface area contributed by atoms with E-state index in [4.69, 9.17) is 9.47 Å². The molecule has 3 aromatic rings. The van der Waals surface area contributed by atoms with Gasteiger partial charge in [-0.3, -0.25) is 19.2 Å². The minimum absolute atomic E-state index is 0.0112. The molecule has 17 heteroatoms. The van der Waals surface area contributed by atoms with Gasteiger partial charge in [0.05, 0.1) is 31.9 Å². The molecule has 2 aromatic carbocycles. The predicted octanol–water partition coefficient (Wildman–Crippen LogP) is 1.42. The van der Waals surface area contributed by atoms with E-state index in [9.17, 15) is 37.5 Å². The number of halogens is 3. The van der Waals surface area contributed by atoms with Gasteiger partial charge >= 0.3 is 6.18 Å². The highest BCUT2D eigenvalue weighted by Crippen LogP contribution is 2.28. The summed E-state index contributed by atoms with van der Waals surface area (Å²) in [6.07, 6.45) is -6.19. The van der Waals surface area contributed by atoms with Crippen molar-refractivity contribution in [2.45, 2.75) is 63.5 Å². The highest BCUT2D eigenvalue weighted by molar-refractivity contribution is 5.99. The fourth-order valence-electron chi connectivity index (χ4n) is 5.14. The molecule has 0 aliphatic carbocycles. The summed E-state index contributed by atoms with van der Waals surface area (Å²) in [6.45, 7) is 1.33. The third-order valence-electron chi connectivity index (χ3n) is 7.85. The van der Waals surface area contributed by atoms with Gasteiger partial charge in [-0.05, 0) is 30.7 Å². The molecule has 14 nitrogen and oxygen atoms in total. The van der Waals surface area contributed by atoms with Crippen LogP contribution in [0.1, 0.15) is 41.4 Å². The smallest absolute Gasteiger partial charge is 0.389 e. The molecular weight excluding hydrogens is 663 g/mol. The maximum absolute atomic E-state index is 13.6. The van der Waals surface area contributed by atoms with Gasteiger partial charge in [0.25, 0.3) is 5.91 Å². The molecule has 4 N–H and O–H groups in total. The summed E-state index contributed by atoms with van der Waals surface area (Å²) in [6, 6.07) is 10.7. The van der Waals surface area contributed by atoms with Crippen LogP contribution in [0.15, 0.2) is 54.7 Å². The molecule has 2 aliphatic rings. The van der Waals surface area contributed by atoms with Crippen LogP contribution in [0, 0.1) is 0 Å². The Hall–Kier alpha value is -5.19. The van der Waals surface area contributed by atoms with Crippen LogP contribution in [0.2, 0.25) is 0 Å². The lowest BCUT2D eigenvalue weighted by molar-refractivity contribution is -0.149. The van der Waals surface area contributed by atoms with Crippen LogP contribution in [0.3, 0.4) is 0 Å². The molecule has 0 radical (unpaired) electrons. The van der Waals surface area contributed by atoms with Crippen molar-refractivity contribution in [2.24, 2.45) is 0 Å². The number of rotatable bonds is 6. The molecule has 2 aliphatic heterocycles. The van der Waals surface area contributed by atoms with Crippen molar-refractivity contribution in [3.63, 3.8) is 0 Å². The number of hydrogen-bond donors (Lipinski definition) is 4. The van der Waals surface area contributed by atoms with E-state index in [1.165, 1.54) is 35.7 Å². The van der Waals surface area contributed by atoms with Crippen molar-refractivity contribution in [3.8, 4) is 11.5 Å². The highest BCUT2D eigenvalue weighted by Gasteiger charge is 2.32. The number of aliphatic hydroxyl groups is 1. The van der Waals surface area contributed by atoms with Gasteiger partial charge in [-0.2, -0.15) is 13.2 Å². The minimum atomic E-state index is -4.54. The van der Waals surface area contributed by atoms with Crippen molar-refractivity contribution < 1.29 is 46.9 Å². The first-order valence-corrected chi connectivity index (χ1v) is 16.0. The molecule has 0 saturated carbocycles. The second-order valence-electron chi connectivity index (χ2n) is 11.7. The normalized spacial score (nSPS) is 19.1. The lowest BCUT2D eigenvalue weighted by atomic mass is 10.0. The number of nitrogens with one attached hydrogen (secondary N) is 3. The van der Waals surface area contributed by atoms with Crippen LogP contribution in [0.4, 0.5) is 13.2 Å². The van der Waals surface area contributed by atoms with Gasteiger partial charge in [-0.15, -0.1) is 5.10 Å². The molecule has 1 aromatic heterocycles. The Kier molecular flexibility index (Phi) is 13.1. The first kappa shape index (κ1) is 37.6. The lowest BCUT2D eigenvalue weighted by Crippen LogP contribution is -2.58. The van der Waals surface area contributed by atoms with Crippen LogP contribution in [0.25, 0.3) is 0 Å². The Balaban J connectivity index is 1.61. The van der Waals surface area contributed by atoms with Gasteiger partial charge in [0.2, 0.25) is 17.7 Å². The number of nitrogens with zero attached hydrogens (tertiary/aromatic N) is 4. The largest absolute Gasteiger partial charge is 0.493 e.